The summed E-state index contributed by atoms with van der Waals surface area (Å²) in [6, 6.07) is 13.1. The number of nitrogens with one attached hydrogen (secondary N) is 1. The second-order valence-electron chi connectivity index (χ2n) is 5.31. The Hall–Kier alpha value is -2.87. The van der Waals surface area contributed by atoms with E-state index in [-0.39, 0.29) is 17.1 Å². The maximum absolute atomic E-state index is 11.9. The average Bonchev–Trinajstić information content (AvgIpc) is 2.94. The highest BCUT2D eigenvalue weighted by molar-refractivity contribution is 7.90. The summed E-state index contributed by atoms with van der Waals surface area (Å²) in [6.07, 6.45) is 1.01. The van der Waals surface area contributed by atoms with Crippen LogP contribution in [0.1, 0.15) is 5.76 Å². The number of sulfone groups is 1. The van der Waals surface area contributed by atoms with Gasteiger partial charge in [0, 0.05) is 23.8 Å². The highest BCUT2D eigenvalue weighted by Crippen LogP contribution is 2.27. The predicted octanol–water partition coefficient (Wildman–Crippen LogP) is 3.36. The van der Waals surface area contributed by atoms with Crippen molar-refractivity contribution in [3.05, 3.63) is 64.4 Å². The molecule has 0 bridgehead atoms. The van der Waals surface area contributed by atoms with E-state index < -0.39 is 14.8 Å². The lowest BCUT2D eigenvalue weighted by molar-refractivity contribution is -0.385. The monoisotopic (exact) mass is 346 g/mol. The lowest BCUT2D eigenvalue weighted by atomic mass is 10.2. The molecule has 0 saturated heterocycles. The van der Waals surface area contributed by atoms with Gasteiger partial charge in [0.25, 0.3) is 5.69 Å². The zero-order chi connectivity index (χ0) is 17.3. The zero-order valence-corrected chi connectivity index (χ0v) is 13.5. The van der Waals surface area contributed by atoms with Crippen molar-refractivity contribution in [1.82, 2.24) is 0 Å². The molecule has 0 aliphatic heterocycles. The molecular formula is C16H14N2O5S. The molecule has 0 aliphatic rings. The number of non-ortho nitro benzene ring substituents is 1. The van der Waals surface area contributed by atoms with Gasteiger partial charge in [-0.25, -0.2) is 8.42 Å². The van der Waals surface area contributed by atoms with E-state index in [9.17, 15) is 18.5 Å². The number of hydrogen-bond acceptors (Lipinski definition) is 6. The minimum atomic E-state index is -3.62. The maximum atomic E-state index is 11.9. The molecule has 0 unspecified atom stereocenters. The van der Waals surface area contributed by atoms with Crippen molar-refractivity contribution >= 4 is 32.2 Å². The maximum Gasteiger partial charge on any atom is 0.270 e. The van der Waals surface area contributed by atoms with Gasteiger partial charge in [-0.05, 0) is 18.2 Å². The third-order valence-electron chi connectivity index (χ3n) is 3.51. The number of furan rings is 1. The fraction of sp³-hybridized carbons (Fsp3) is 0.125. The topological polar surface area (TPSA) is 102 Å². The number of para-hydroxylation sites is 1. The Labute approximate surface area is 138 Å². The molecule has 0 saturated carbocycles. The van der Waals surface area contributed by atoms with Gasteiger partial charge >= 0.3 is 0 Å². The second kappa shape index (κ2) is 5.97. The summed E-state index contributed by atoms with van der Waals surface area (Å²) in [6.45, 7) is 0.259. The second-order valence-corrected chi connectivity index (χ2v) is 7.30. The molecular weight excluding hydrogens is 332 g/mol. The Kier molecular flexibility index (Phi) is 3.98. The van der Waals surface area contributed by atoms with Crippen LogP contribution < -0.4 is 5.32 Å². The third kappa shape index (κ3) is 3.23. The van der Waals surface area contributed by atoms with Crippen LogP contribution in [0.15, 0.2) is 57.8 Å². The van der Waals surface area contributed by atoms with Crippen molar-refractivity contribution < 1.29 is 17.8 Å². The molecule has 1 N–H and O–H groups in total. The molecule has 0 spiro atoms. The molecule has 7 nitrogen and oxygen atoms in total. The molecule has 0 fully saturated rings. The number of nitro benzene ring substituents is 1. The largest absolute Gasteiger partial charge is 0.459 e. The number of fused-ring (bicyclic) bond motifs is 1. The lowest BCUT2D eigenvalue weighted by Gasteiger charge is -2.09. The first kappa shape index (κ1) is 16.0. The van der Waals surface area contributed by atoms with Gasteiger partial charge in [0.2, 0.25) is 0 Å². The lowest BCUT2D eigenvalue weighted by Crippen LogP contribution is -2.06. The van der Waals surface area contributed by atoms with E-state index >= 15 is 0 Å². The molecule has 0 aliphatic carbocycles. The third-order valence-corrected chi connectivity index (χ3v) is 4.64. The van der Waals surface area contributed by atoms with Crippen LogP contribution in [0.4, 0.5) is 11.4 Å². The van der Waals surface area contributed by atoms with Crippen LogP contribution in [0.2, 0.25) is 0 Å². The Bertz CT molecular complexity index is 991. The summed E-state index contributed by atoms with van der Waals surface area (Å²) < 4.78 is 29.4. The minimum absolute atomic E-state index is 0.118. The number of hydrogen-bond donors (Lipinski definition) is 1. The minimum Gasteiger partial charge on any atom is -0.459 e. The molecule has 0 radical (unpaired) electrons. The molecule has 124 valence electrons. The van der Waals surface area contributed by atoms with Gasteiger partial charge in [-0.1, -0.05) is 18.2 Å². The Morgan fingerprint density at radius 3 is 2.58 bits per heavy atom. The van der Waals surface area contributed by atoms with Crippen molar-refractivity contribution in [3.8, 4) is 0 Å². The first-order chi connectivity index (χ1) is 11.3. The smallest absolute Gasteiger partial charge is 0.270 e. The molecule has 3 aromatic rings. The van der Waals surface area contributed by atoms with E-state index in [1.165, 1.54) is 12.1 Å². The summed E-state index contributed by atoms with van der Waals surface area (Å²) >= 11 is 0. The summed E-state index contributed by atoms with van der Waals surface area (Å²) in [7, 11) is -3.62. The molecule has 8 heteroatoms. The van der Waals surface area contributed by atoms with Crippen LogP contribution in [0.5, 0.6) is 0 Å². The van der Waals surface area contributed by atoms with Crippen molar-refractivity contribution in [2.75, 3.05) is 11.6 Å². The number of nitrogens with zero attached hydrogens (tertiary/aromatic N) is 1. The number of anilines is 1. The van der Waals surface area contributed by atoms with Crippen LogP contribution in [0.3, 0.4) is 0 Å². The van der Waals surface area contributed by atoms with Gasteiger partial charge < -0.3 is 9.73 Å². The van der Waals surface area contributed by atoms with Gasteiger partial charge in [0.15, 0.2) is 9.84 Å². The van der Waals surface area contributed by atoms with E-state index in [4.69, 9.17) is 4.42 Å². The molecule has 2 aromatic carbocycles. The molecule has 1 aromatic heterocycles. The van der Waals surface area contributed by atoms with E-state index in [1.807, 2.05) is 30.3 Å². The van der Waals surface area contributed by atoms with Crippen LogP contribution in [0, 0.1) is 10.1 Å². The van der Waals surface area contributed by atoms with Crippen LogP contribution in [-0.2, 0) is 16.4 Å². The number of benzene rings is 2. The van der Waals surface area contributed by atoms with Gasteiger partial charge in [-0.3, -0.25) is 10.1 Å². The molecule has 0 atom stereocenters. The highest BCUT2D eigenvalue weighted by Gasteiger charge is 2.18. The quantitative estimate of drug-likeness (QED) is 0.561. The van der Waals surface area contributed by atoms with E-state index in [0.29, 0.717) is 11.4 Å². The average molecular weight is 346 g/mol. The van der Waals surface area contributed by atoms with Gasteiger partial charge in [0.1, 0.15) is 11.3 Å². The van der Waals surface area contributed by atoms with Crippen molar-refractivity contribution in [3.63, 3.8) is 0 Å². The Morgan fingerprint density at radius 1 is 1.17 bits per heavy atom. The first-order valence-corrected chi connectivity index (χ1v) is 8.93. The van der Waals surface area contributed by atoms with Crippen LogP contribution in [0.25, 0.3) is 11.0 Å². The standard InChI is InChI=1S/C16H14N2O5S/c1-24(21,22)16-9-12(18(19)20)6-7-14(16)17-10-13-8-11-4-2-3-5-15(11)23-13/h2-9,17H,10H2,1H3. The first-order valence-electron chi connectivity index (χ1n) is 7.04. The summed E-state index contributed by atoms with van der Waals surface area (Å²) in [4.78, 5) is 10.1. The molecule has 24 heavy (non-hydrogen) atoms. The SMILES string of the molecule is CS(=O)(=O)c1cc([N+](=O)[O-])ccc1NCc1cc2ccccc2o1. The van der Waals surface area contributed by atoms with Crippen molar-refractivity contribution in [2.24, 2.45) is 0 Å². The normalized spacial score (nSPS) is 11.5. The summed E-state index contributed by atoms with van der Waals surface area (Å²) in [5.41, 5.74) is 0.759. The van der Waals surface area contributed by atoms with Gasteiger partial charge in [-0.15, -0.1) is 0 Å². The Morgan fingerprint density at radius 2 is 1.92 bits per heavy atom. The highest BCUT2D eigenvalue weighted by atomic mass is 32.2. The molecule has 0 amide bonds. The predicted molar refractivity (Wildman–Crippen MR) is 89.7 cm³/mol. The summed E-state index contributed by atoms with van der Waals surface area (Å²) in [5.74, 6) is 0.633. The van der Waals surface area contributed by atoms with Crippen LogP contribution >= 0.6 is 0 Å². The number of nitro groups is 1. The van der Waals surface area contributed by atoms with Gasteiger partial charge in [0.05, 0.1) is 22.1 Å². The van der Waals surface area contributed by atoms with E-state index in [0.717, 1.165) is 23.3 Å². The number of rotatable bonds is 5. The fourth-order valence-corrected chi connectivity index (χ4v) is 3.26. The van der Waals surface area contributed by atoms with Crippen molar-refractivity contribution in [1.29, 1.82) is 0 Å². The Balaban J connectivity index is 1.90. The zero-order valence-electron chi connectivity index (χ0n) is 12.7. The van der Waals surface area contributed by atoms with Crippen LogP contribution in [-0.4, -0.2) is 19.6 Å². The van der Waals surface area contributed by atoms with E-state index in [2.05, 4.69) is 5.32 Å². The van der Waals surface area contributed by atoms with E-state index in [1.54, 1.807) is 0 Å². The molecule has 3 rings (SSSR count). The van der Waals surface area contributed by atoms with Gasteiger partial charge in [-0.2, -0.15) is 0 Å². The molecule has 1 heterocycles. The fourth-order valence-electron chi connectivity index (χ4n) is 2.38. The summed E-state index contributed by atoms with van der Waals surface area (Å²) in [5, 5.41) is 14.8. The van der Waals surface area contributed by atoms with Crippen molar-refractivity contribution in [2.45, 2.75) is 11.4 Å².